The van der Waals surface area contributed by atoms with Gasteiger partial charge in [0.25, 0.3) is 0 Å². The van der Waals surface area contributed by atoms with Crippen LogP contribution < -0.4 is 0 Å². The van der Waals surface area contributed by atoms with Crippen molar-refractivity contribution in [3.8, 4) is 0 Å². The Morgan fingerprint density at radius 1 is 1.55 bits per heavy atom. The zero-order chi connectivity index (χ0) is 8.65. The Morgan fingerprint density at radius 3 is 2.27 bits per heavy atom. The minimum atomic E-state index is -0.955. The van der Waals surface area contributed by atoms with E-state index in [1.54, 1.807) is 6.92 Å². The summed E-state index contributed by atoms with van der Waals surface area (Å²) in [6.45, 7) is 6.60. The summed E-state index contributed by atoms with van der Waals surface area (Å²) < 4.78 is 13.4. The molecule has 0 spiro atoms. The summed E-state index contributed by atoms with van der Waals surface area (Å²) in [6.07, 6.45) is 0.696. The molecule has 0 radical (unpaired) electrons. The first kappa shape index (κ1) is 8.98. The standard InChI is InChI=1S/C9H18FN/c1-7(2)8-5-9(3,10)6-11(8)4/h7-8H,5-6H2,1-4H3. The van der Waals surface area contributed by atoms with Crippen molar-refractivity contribution in [1.82, 2.24) is 4.90 Å². The molecule has 0 aromatic rings. The lowest BCUT2D eigenvalue weighted by atomic mass is 9.97. The highest BCUT2D eigenvalue weighted by Gasteiger charge is 2.39. The van der Waals surface area contributed by atoms with Crippen molar-refractivity contribution in [1.29, 1.82) is 0 Å². The van der Waals surface area contributed by atoms with Gasteiger partial charge in [0.1, 0.15) is 5.67 Å². The monoisotopic (exact) mass is 159 g/mol. The Morgan fingerprint density at radius 2 is 2.09 bits per heavy atom. The number of likely N-dealkylation sites (tertiary alicyclic amines) is 1. The number of rotatable bonds is 1. The first-order valence-corrected chi connectivity index (χ1v) is 4.31. The molecular formula is C9H18FN. The number of hydrogen-bond donors (Lipinski definition) is 0. The van der Waals surface area contributed by atoms with Gasteiger partial charge >= 0.3 is 0 Å². The molecule has 2 unspecified atom stereocenters. The molecule has 0 amide bonds. The van der Waals surface area contributed by atoms with Gasteiger partial charge in [-0.2, -0.15) is 0 Å². The molecule has 1 aliphatic rings. The molecule has 1 fully saturated rings. The van der Waals surface area contributed by atoms with E-state index in [9.17, 15) is 4.39 Å². The Labute approximate surface area is 68.6 Å². The van der Waals surface area contributed by atoms with Crippen molar-refractivity contribution in [3.05, 3.63) is 0 Å². The van der Waals surface area contributed by atoms with Crippen LogP contribution in [0.25, 0.3) is 0 Å². The molecule has 1 heterocycles. The molecule has 66 valence electrons. The van der Waals surface area contributed by atoms with Crippen LogP contribution in [0.15, 0.2) is 0 Å². The first-order valence-electron chi connectivity index (χ1n) is 4.31. The molecule has 2 atom stereocenters. The maximum atomic E-state index is 13.4. The second-order valence-corrected chi connectivity index (χ2v) is 4.34. The predicted octanol–water partition coefficient (Wildman–Crippen LogP) is 2.07. The highest BCUT2D eigenvalue weighted by atomic mass is 19.1. The van der Waals surface area contributed by atoms with Gasteiger partial charge in [-0.25, -0.2) is 4.39 Å². The van der Waals surface area contributed by atoms with Gasteiger partial charge < -0.3 is 0 Å². The third kappa shape index (κ3) is 1.92. The van der Waals surface area contributed by atoms with Gasteiger partial charge in [0.05, 0.1) is 0 Å². The van der Waals surface area contributed by atoms with Crippen LogP contribution in [0.3, 0.4) is 0 Å². The number of alkyl halides is 1. The number of hydrogen-bond acceptors (Lipinski definition) is 1. The quantitative estimate of drug-likeness (QED) is 0.566. The van der Waals surface area contributed by atoms with E-state index in [4.69, 9.17) is 0 Å². The topological polar surface area (TPSA) is 3.24 Å². The lowest BCUT2D eigenvalue weighted by Gasteiger charge is -2.21. The Balaban J connectivity index is 2.59. The molecule has 0 N–H and O–H groups in total. The molecule has 0 aromatic carbocycles. The van der Waals surface area contributed by atoms with Gasteiger partial charge in [0.15, 0.2) is 0 Å². The van der Waals surface area contributed by atoms with Crippen LogP contribution >= 0.6 is 0 Å². The van der Waals surface area contributed by atoms with E-state index in [2.05, 4.69) is 18.7 Å². The minimum absolute atomic E-state index is 0.435. The van der Waals surface area contributed by atoms with Gasteiger partial charge in [-0.3, -0.25) is 4.90 Å². The van der Waals surface area contributed by atoms with Gasteiger partial charge in [0.2, 0.25) is 0 Å². The van der Waals surface area contributed by atoms with Crippen molar-refractivity contribution >= 4 is 0 Å². The maximum Gasteiger partial charge on any atom is 0.122 e. The Bertz CT molecular complexity index is 142. The molecule has 1 rings (SSSR count). The zero-order valence-electron chi connectivity index (χ0n) is 7.89. The lowest BCUT2D eigenvalue weighted by Crippen LogP contribution is -2.29. The van der Waals surface area contributed by atoms with E-state index in [0.717, 1.165) is 0 Å². The molecule has 1 aliphatic heterocycles. The maximum absolute atomic E-state index is 13.4. The van der Waals surface area contributed by atoms with Crippen molar-refractivity contribution in [3.63, 3.8) is 0 Å². The molecule has 0 bridgehead atoms. The fourth-order valence-corrected chi connectivity index (χ4v) is 2.04. The first-order chi connectivity index (χ1) is 4.92. The summed E-state index contributed by atoms with van der Waals surface area (Å²) in [6, 6.07) is 0.435. The predicted molar refractivity (Wildman–Crippen MR) is 45.4 cm³/mol. The summed E-state index contributed by atoms with van der Waals surface area (Å²) in [4.78, 5) is 2.13. The average molecular weight is 159 g/mol. The van der Waals surface area contributed by atoms with Crippen LogP contribution in [0, 0.1) is 5.92 Å². The number of halogens is 1. The van der Waals surface area contributed by atoms with Crippen molar-refractivity contribution in [2.24, 2.45) is 5.92 Å². The average Bonchev–Trinajstić information content (AvgIpc) is 2.05. The largest absolute Gasteiger partial charge is 0.300 e. The molecule has 0 saturated carbocycles. The number of nitrogens with zero attached hydrogens (tertiary/aromatic N) is 1. The Kier molecular flexibility index (Phi) is 2.24. The fourth-order valence-electron chi connectivity index (χ4n) is 2.04. The summed E-state index contributed by atoms with van der Waals surface area (Å²) in [7, 11) is 2.01. The van der Waals surface area contributed by atoms with E-state index in [1.807, 2.05) is 7.05 Å². The van der Waals surface area contributed by atoms with Crippen LogP contribution in [0.4, 0.5) is 4.39 Å². The van der Waals surface area contributed by atoms with Crippen molar-refractivity contribution in [2.45, 2.75) is 38.9 Å². The molecule has 0 aromatic heterocycles. The lowest BCUT2D eigenvalue weighted by molar-refractivity contribution is 0.198. The van der Waals surface area contributed by atoms with Crippen LogP contribution in [0.1, 0.15) is 27.2 Å². The smallest absolute Gasteiger partial charge is 0.122 e. The minimum Gasteiger partial charge on any atom is -0.300 e. The second kappa shape index (κ2) is 2.74. The van der Waals surface area contributed by atoms with Gasteiger partial charge in [0, 0.05) is 12.6 Å². The highest BCUT2D eigenvalue weighted by molar-refractivity contribution is 4.93. The SMILES string of the molecule is CC(C)C1CC(C)(F)CN1C. The highest BCUT2D eigenvalue weighted by Crippen LogP contribution is 2.32. The molecule has 2 heteroatoms. The summed E-state index contributed by atoms with van der Waals surface area (Å²) >= 11 is 0. The molecular weight excluding hydrogens is 141 g/mol. The fraction of sp³-hybridized carbons (Fsp3) is 1.00. The van der Waals surface area contributed by atoms with E-state index >= 15 is 0 Å². The second-order valence-electron chi connectivity index (χ2n) is 4.34. The molecule has 1 nitrogen and oxygen atoms in total. The van der Waals surface area contributed by atoms with Crippen LogP contribution in [-0.2, 0) is 0 Å². The van der Waals surface area contributed by atoms with Crippen LogP contribution in [0.5, 0.6) is 0 Å². The van der Waals surface area contributed by atoms with E-state index in [-0.39, 0.29) is 0 Å². The summed E-state index contributed by atoms with van der Waals surface area (Å²) in [5.41, 5.74) is -0.955. The molecule has 1 saturated heterocycles. The van der Waals surface area contributed by atoms with Gasteiger partial charge in [-0.1, -0.05) is 13.8 Å². The van der Waals surface area contributed by atoms with Crippen molar-refractivity contribution in [2.75, 3.05) is 13.6 Å². The van der Waals surface area contributed by atoms with Crippen LogP contribution in [-0.4, -0.2) is 30.2 Å². The van der Waals surface area contributed by atoms with E-state index in [1.165, 1.54) is 0 Å². The normalized spacial score (nSPS) is 40.4. The van der Waals surface area contributed by atoms with Gasteiger partial charge in [-0.05, 0) is 26.3 Å². The van der Waals surface area contributed by atoms with E-state index < -0.39 is 5.67 Å². The summed E-state index contributed by atoms with van der Waals surface area (Å²) in [5.74, 6) is 0.567. The zero-order valence-corrected chi connectivity index (χ0v) is 7.89. The van der Waals surface area contributed by atoms with Gasteiger partial charge in [-0.15, -0.1) is 0 Å². The van der Waals surface area contributed by atoms with E-state index in [0.29, 0.717) is 24.9 Å². The Hall–Kier alpha value is -0.110. The third-order valence-corrected chi connectivity index (χ3v) is 2.55. The summed E-state index contributed by atoms with van der Waals surface area (Å²) in [5, 5.41) is 0. The molecule has 0 aliphatic carbocycles. The third-order valence-electron chi connectivity index (χ3n) is 2.55. The molecule has 11 heavy (non-hydrogen) atoms. The van der Waals surface area contributed by atoms with Crippen LogP contribution in [0.2, 0.25) is 0 Å². The van der Waals surface area contributed by atoms with Crippen molar-refractivity contribution < 1.29 is 4.39 Å².